The zero-order valence-electron chi connectivity index (χ0n) is 22.7. The number of fused-ring (bicyclic) bond motifs is 3. The van der Waals surface area contributed by atoms with Crippen molar-refractivity contribution in [2.75, 3.05) is 13.1 Å². The highest BCUT2D eigenvalue weighted by Gasteiger charge is 2.29. The molecule has 0 saturated carbocycles. The molecule has 2 aromatic heterocycles. The van der Waals surface area contributed by atoms with Crippen molar-refractivity contribution in [1.82, 2.24) is 25.4 Å². The minimum atomic E-state index is -0.108. The van der Waals surface area contributed by atoms with Gasteiger partial charge in [-0.1, -0.05) is 24.3 Å². The number of H-pyrrole nitrogens is 1. The van der Waals surface area contributed by atoms with Crippen LogP contribution in [0.25, 0.3) is 33.4 Å². The average Bonchev–Trinajstić information content (AvgIpc) is 3.47. The molecule has 7 rings (SSSR count). The highest BCUT2D eigenvalue weighted by atomic mass is 16.5. The molecule has 7 nitrogen and oxygen atoms in total. The van der Waals surface area contributed by atoms with Gasteiger partial charge in [0.25, 0.3) is 5.91 Å². The largest absolute Gasteiger partial charge is 0.488 e. The number of aryl methyl sites for hydroxylation is 2. The van der Waals surface area contributed by atoms with Crippen molar-refractivity contribution in [3.63, 3.8) is 0 Å². The van der Waals surface area contributed by atoms with Crippen LogP contribution in [0.15, 0.2) is 48.7 Å². The fraction of sp³-hybridized carbons (Fsp3) is 0.406. The van der Waals surface area contributed by atoms with Gasteiger partial charge in [-0.2, -0.15) is 5.10 Å². The molecule has 0 spiro atoms. The molecule has 0 radical (unpaired) electrons. The van der Waals surface area contributed by atoms with E-state index in [0.29, 0.717) is 29.5 Å². The van der Waals surface area contributed by atoms with E-state index in [9.17, 15) is 4.79 Å². The van der Waals surface area contributed by atoms with Gasteiger partial charge in [0.05, 0.1) is 17.8 Å². The van der Waals surface area contributed by atoms with Gasteiger partial charge in [-0.3, -0.25) is 14.8 Å². The van der Waals surface area contributed by atoms with Crippen molar-refractivity contribution in [2.45, 2.75) is 70.6 Å². The number of rotatable bonds is 3. The van der Waals surface area contributed by atoms with E-state index in [2.05, 4.69) is 56.6 Å². The number of pyridine rings is 1. The molecule has 1 unspecified atom stereocenters. The number of likely N-dealkylation sites (tertiary alicyclic amines) is 1. The molecule has 4 heterocycles. The van der Waals surface area contributed by atoms with Gasteiger partial charge >= 0.3 is 0 Å². The Morgan fingerprint density at radius 3 is 2.64 bits per heavy atom. The van der Waals surface area contributed by atoms with Gasteiger partial charge in [-0.15, -0.1) is 0 Å². The second kappa shape index (κ2) is 9.79. The van der Waals surface area contributed by atoms with E-state index in [1.165, 1.54) is 48.9 Å². The second-order valence-corrected chi connectivity index (χ2v) is 11.5. The molecule has 4 aromatic rings. The maximum Gasteiger partial charge on any atom is 0.255 e. The monoisotopic (exact) mass is 521 g/mol. The van der Waals surface area contributed by atoms with Gasteiger partial charge in [0.1, 0.15) is 11.9 Å². The lowest BCUT2D eigenvalue weighted by molar-refractivity contribution is 0.0952. The zero-order chi connectivity index (χ0) is 26.5. The van der Waals surface area contributed by atoms with Crippen LogP contribution < -0.4 is 10.1 Å². The molecule has 1 aliphatic carbocycles. The molecule has 2 N–H and O–H groups in total. The SMILES string of the molecule is C[C@@H]1CCCN1C1CCc2ccc(-c3cnc4n[nH]c(-c5ccc6c(c5)O[C@@H](C)CNC6=O)c4c3)cc2CC1. The van der Waals surface area contributed by atoms with Gasteiger partial charge in [-0.05, 0) is 93.8 Å². The second-order valence-electron chi connectivity index (χ2n) is 11.5. The molecule has 3 atom stereocenters. The Morgan fingerprint density at radius 2 is 1.79 bits per heavy atom. The first kappa shape index (κ1) is 24.3. The zero-order valence-corrected chi connectivity index (χ0v) is 22.7. The Kier molecular flexibility index (Phi) is 6.11. The minimum Gasteiger partial charge on any atom is -0.488 e. The average molecular weight is 522 g/mol. The number of hydrogen-bond donors (Lipinski definition) is 2. The molecule has 1 saturated heterocycles. The minimum absolute atomic E-state index is 0.0977. The molecule has 1 amide bonds. The van der Waals surface area contributed by atoms with Crippen LogP contribution in [0.2, 0.25) is 0 Å². The van der Waals surface area contributed by atoms with Gasteiger partial charge < -0.3 is 10.1 Å². The molecular formula is C32H35N5O2. The summed E-state index contributed by atoms with van der Waals surface area (Å²) < 4.78 is 6.04. The van der Waals surface area contributed by atoms with E-state index < -0.39 is 0 Å². The van der Waals surface area contributed by atoms with E-state index in [-0.39, 0.29) is 12.0 Å². The number of hydrogen-bond acceptors (Lipinski definition) is 5. The fourth-order valence-electron chi connectivity index (χ4n) is 6.73. The van der Waals surface area contributed by atoms with Crippen molar-refractivity contribution in [3.05, 3.63) is 65.4 Å². The lowest BCUT2D eigenvalue weighted by Crippen LogP contribution is -2.37. The van der Waals surface area contributed by atoms with Crippen molar-refractivity contribution >= 4 is 16.9 Å². The van der Waals surface area contributed by atoms with Gasteiger partial charge in [0, 0.05) is 34.8 Å². The maximum atomic E-state index is 12.5. The Balaban J connectivity index is 1.19. The lowest BCUT2D eigenvalue weighted by Gasteiger charge is -2.30. The molecule has 0 bridgehead atoms. The number of carbonyl (C=O) groups is 1. The van der Waals surface area contributed by atoms with Crippen LogP contribution >= 0.6 is 0 Å². The standard InChI is InChI=1S/C32H35N5O2/c1-19-4-3-13-37(19)26-10-7-21-5-6-23(14-22(21)8-11-26)25-15-28-30(35-36-31(28)33-18-25)24-9-12-27-29(16-24)39-20(2)17-34-32(27)38/h5-6,9,12,14-16,18-20,26H,3-4,7-8,10-11,13,17H2,1-2H3,(H,34,38)(H,33,35,36)/t19-,20+,26?/m1/s1. The summed E-state index contributed by atoms with van der Waals surface area (Å²) in [6.45, 7) is 6.10. The number of benzene rings is 2. The highest BCUT2D eigenvalue weighted by Crippen LogP contribution is 2.35. The van der Waals surface area contributed by atoms with Gasteiger partial charge in [0.15, 0.2) is 5.65 Å². The molecule has 2 aromatic carbocycles. The number of aromatic nitrogens is 3. The van der Waals surface area contributed by atoms with E-state index in [0.717, 1.165) is 41.1 Å². The predicted octanol–water partition coefficient (Wildman–Crippen LogP) is 5.53. The summed E-state index contributed by atoms with van der Waals surface area (Å²) >= 11 is 0. The summed E-state index contributed by atoms with van der Waals surface area (Å²) in [6.07, 6.45) is 9.29. The normalized spacial score (nSPS) is 23.4. The van der Waals surface area contributed by atoms with Crippen molar-refractivity contribution in [1.29, 1.82) is 0 Å². The number of aromatic amines is 1. The van der Waals surface area contributed by atoms with E-state index in [1.807, 2.05) is 31.3 Å². The van der Waals surface area contributed by atoms with Crippen molar-refractivity contribution in [2.24, 2.45) is 0 Å². The van der Waals surface area contributed by atoms with Crippen LogP contribution in [0.5, 0.6) is 5.75 Å². The summed E-state index contributed by atoms with van der Waals surface area (Å²) in [5.74, 6) is 0.484. The van der Waals surface area contributed by atoms with Crippen LogP contribution in [-0.2, 0) is 12.8 Å². The van der Waals surface area contributed by atoms with Crippen LogP contribution in [0.1, 0.15) is 61.0 Å². The maximum absolute atomic E-state index is 12.5. The molecule has 3 aliphatic rings. The Morgan fingerprint density at radius 1 is 0.949 bits per heavy atom. The Labute approximate surface area is 229 Å². The quantitative estimate of drug-likeness (QED) is 0.346. The molecule has 7 heteroatoms. The van der Waals surface area contributed by atoms with E-state index >= 15 is 0 Å². The molecule has 2 aliphatic heterocycles. The number of amides is 1. The topological polar surface area (TPSA) is 83.1 Å². The van der Waals surface area contributed by atoms with E-state index in [4.69, 9.17) is 4.74 Å². The summed E-state index contributed by atoms with van der Waals surface area (Å²) in [7, 11) is 0. The molecule has 200 valence electrons. The molecular weight excluding hydrogens is 486 g/mol. The van der Waals surface area contributed by atoms with Crippen molar-refractivity contribution in [3.8, 4) is 28.1 Å². The lowest BCUT2D eigenvalue weighted by atomic mass is 9.96. The third kappa shape index (κ3) is 4.48. The number of carbonyl (C=O) groups excluding carboxylic acids is 1. The third-order valence-corrected chi connectivity index (χ3v) is 8.91. The van der Waals surface area contributed by atoms with Crippen LogP contribution in [-0.4, -0.2) is 57.3 Å². The van der Waals surface area contributed by atoms with Gasteiger partial charge in [0.2, 0.25) is 0 Å². The number of nitrogens with zero attached hydrogens (tertiary/aromatic N) is 3. The first-order valence-corrected chi connectivity index (χ1v) is 14.3. The Hall–Kier alpha value is -3.71. The first-order valence-electron chi connectivity index (χ1n) is 14.3. The predicted molar refractivity (Wildman–Crippen MR) is 153 cm³/mol. The fourth-order valence-corrected chi connectivity index (χ4v) is 6.73. The number of ether oxygens (including phenoxy) is 1. The summed E-state index contributed by atoms with van der Waals surface area (Å²) in [5, 5.41) is 11.5. The number of nitrogens with one attached hydrogen (secondary N) is 2. The first-order chi connectivity index (χ1) is 19.0. The Bertz CT molecular complexity index is 1560. The van der Waals surface area contributed by atoms with Gasteiger partial charge in [-0.25, -0.2) is 4.98 Å². The van der Waals surface area contributed by atoms with Crippen LogP contribution in [0.4, 0.5) is 0 Å². The molecule has 39 heavy (non-hydrogen) atoms. The summed E-state index contributed by atoms with van der Waals surface area (Å²) in [4.78, 5) is 19.9. The van der Waals surface area contributed by atoms with E-state index in [1.54, 1.807) is 0 Å². The summed E-state index contributed by atoms with van der Waals surface area (Å²) in [5.41, 5.74) is 8.27. The van der Waals surface area contributed by atoms with Crippen molar-refractivity contribution < 1.29 is 9.53 Å². The summed E-state index contributed by atoms with van der Waals surface area (Å²) in [6, 6.07) is 16.2. The third-order valence-electron chi connectivity index (χ3n) is 8.91. The van der Waals surface area contributed by atoms with Crippen LogP contribution in [0, 0.1) is 0 Å². The van der Waals surface area contributed by atoms with Crippen LogP contribution in [0.3, 0.4) is 0 Å². The highest BCUT2D eigenvalue weighted by molar-refractivity contribution is 5.99. The smallest absolute Gasteiger partial charge is 0.255 e. The molecule has 1 fully saturated rings.